The van der Waals surface area contributed by atoms with Crippen LogP contribution in [0.3, 0.4) is 0 Å². The second-order valence-electron chi connectivity index (χ2n) is 4.11. The summed E-state index contributed by atoms with van der Waals surface area (Å²) in [7, 11) is -0.577. The van der Waals surface area contributed by atoms with E-state index in [-0.39, 0.29) is 0 Å². The third-order valence-corrected chi connectivity index (χ3v) is 3.40. The molecule has 1 nitrogen and oxygen atoms in total. The first-order chi connectivity index (χ1) is 6.77. The zero-order chi connectivity index (χ0) is 10.6. The highest BCUT2D eigenvalue weighted by molar-refractivity contribution is 7.84. The molecule has 0 saturated heterocycles. The average molecular weight is 218 g/mol. The van der Waals surface area contributed by atoms with Gasteiger partial charge in [0.2, 0.25) is 0 Å². The van der Waals surface area contributed by atoms with E-state index in [1.54, 1.807) is 6.26 Å². The van der Waals surface area contributed by atoms with E-state index in [9.17, 15) is 4.21 Å². The lowest BCUT2D eigenvalue weighted by atomic mass is 10.1. The van der Waals surface area contributed by atoms with Gasteiger partial charge in [0, 0.05) is 22.8 Å². The van der Waals surface area contributed by atoms with Crippen LogP contribution in [0.2, 0.25) is 0 Å². The molecule has 0 amide bonds. The molecule has 0 radical (unpaired) electrons. The first-order valence-electron chi connectivity index (χ1n) is 6.07. The van der Waals surface area contributed by atoms with E-state index in [0.717, 1.165) is 12.2 Å². The summed E-state index contributed by atoms with van der Waals surface area (Å²) in [4.78, 5) is 0. The van der Waals surface area contributed by atoms with Gasteiger partial charge < -0.3 is 0 Å². The van der Waals surface area contributed by atoms with Crippen molar-refractivity contribution in [2.45, 2.75) is 64.7 Å². The fourth-order valence-corrected chi connectivity index (χ4v) is 2.23. The van der Waals surface area contributed by atoms with Crippen molar-refractivity contribution in [3.63, 3.8) is 0 Å². The molecule has 0 fully saturated rings. The van der Waals surface area contributed by atoms with Crippen LogP contribution in [0.15, 0.2) is 0 Å². The summed E-state index contributed by atoms with van der Waals surface area (Å²) in [6, 6.07) is 0. The van der Waals surface area contributed by atoms with E-state index in [0.29, 0.717) is 0 Å². The molecular weight excluding hydrogens is 192 g/mol. The Hall–Kier alpha value is 0.150. The fraction of sp³-hybridized carbons (Fsp3) is 1.00. The molecular formula is C12H26OS. The Morgan fingerprint density at radius 2 is 1.21 bits per heavy atom. The van der Waals surface area contributed by atoms with Gasteiger partial charge in [0.15, 0.2) is 0 Å². The third-order valence-electron chi connectivity index (χ3n) is 2.54. The van der Waals surface area contributed by atoms with Gasteiger partial charge in [-0.05, 0) is 6.42 Å². The molecule has 2 heteroatoms. The minimum atomic E-state index is -0.577. The van der Waals surface area contributed by atoms with Crippen LogP contribution in [0.5, 0.6) is 0 Å². The Labute approximate surface area is 92.1 Å². The van der Waals surface area contributed by atoms with Crippen molar-refractivity contribution < 1.29 is 4.21 Å². The van der Waals surface area contributed by atoms with Crippen LogP contribution in [0, 0.1) is 0 Å². The molecule has 0 aliphatic rings. The molecule has 14 heavy (non-hydrogen) atoms. The fourth-order valence-electron chi connectivity index (χ4n) is 1.62. The van der Waals surface area contributed by atoms with Crippen LogP contribution in [-0.4, -0.2) is 16.2 Å². The highest BCUT2D eigenvalue weighted by atomic mass is 32.2. The zero-order valence-electron chi connectivity index (χ0n) is 9.89. The largest absolute Gasteiger partial charge is 0.260 e. The number of hydrogen-bond donors (Lipinski definition) is 0. The first kappa shape index (κ1) is 14.2. The Morgan fingerprint density at radius 1 is 0.786 bits per heavy atom. The van der Waals surface area contributed by atoms with Crippen LogP contribution >= 0.6 is 0 Å². The van der Waals surface area contributed by atoms with Crippen molar-refractivity contribution in [3.05, 3.63) is 0 Å². The molecule has 0 unspecified atom stereocenters. The van der Waals surface area contributed by atoms with Gasteiger partial charge in [-0.1, -0.05) is 58.3 Å². The Morgan fingerprint density at radius 3 is 1.64 bits per heavy atom. The molecule has 0 bridgehead atoms. The van der Waals surface area contributed by atoms with Crippen molar-refractivity contribution >= 4 is 10.8 Å². The quantitative estimate of drug-likeness (QED) is 0.508. The topological polar surface area (TPSA) is 17.1 Å². The predicted molar refractivity (Wildman–Crippen MR) is 66.2 cm³/mol. The first-order valence-corrected chi connectivity index (χ1v) is 7.80. The van der Waals surface area contributed by atoms with Gasteiger partial charge in [0.25, 0.3) is 0 Å². The Bertz CT molecular complexity index is 134. The van der Waals surface area contributed by atoms with E-state index in [1.165, 1.54) is 51.4 Å². The summed E-state index contributed by atoms with van der Waals surface area (Å²) >= 11 is 0. The molecule has 0 aromatic carbocycles. The highest BCUT2D eigenvalue weighted by Gasteiger charge is 1.93. The number of unbranched alkanes of at least 4 members (excludes halogenated alkanes) is 8. The van der Waals surface area contributed by atoms with Gasteiger partial charge in [0.1, 0.15) is 0 Å². The lowest BCUT2D eigenvalue weighted by Crippen LogP contribution is -1.93. The minimum Gasteiger partial charge on any atom is -0.260 e. The van der Waals surface area contributed by atoms with E-state index in [2.05, 4.69) is 6.92 Å². The lowest BCUT2D eigenvalue weighted by Gasteiger charge is -2.00. The summed E-state index contributed by atoms with van der Waals surface area (Å²) in [6.07, 6.45) is 13.9. The minimum absolute atomic E-state index is 0.577. The summed E-state index contributed by atoms with van der Waals surface area (Å²) in [5.41, 5.74) is 0. The van der Waals surface area contributed by atoms with Gasteiger partial charge in [-0.15, -0.1) is 0 Å². The van der Waals surface area contributed by atoms with Gasteiger partial charge in [-0.25, -0.2) is 0 Å². The predicted octanol–water partition coefficient (Wildman–Crippen LogP) is 3.90. The smallest absolute Gasteiger partial charge is 0.0232 e. The maximum absolute atomic E-state index is 10.8. The van der Waals surface area contributed by atoms with Crippen LogP contribution < -0.4 is 0 Å². The van der Waals surface area contributed by atoms with E-state index < -0.39 is 10.8 Å². The van der Waals surface area contributed by atoms with Crippen LogP contribution in [0.4, 0.5) is 0 Å². The second kappa shape index (κ2) is 11.2. The maximum atomic E-state index is 10.8. The summed E-state index contributed by atoms with van der Waals surface area (Å²) < 4.78 is 10.8. The Balaban J connectivity index is 2.88. The lowest BCUT2D eigenvalue weighted by molar-refractivity contribution is 0.572. The number of hydrogen-bond acceptors (Lipinski definition) is 1. The monoisotopic (exact) mass is 218 g/mol. The zero-order valence-corrected chi connectivity index (χ0v) is 10.7. The van der Waals surface area contributed by atoms with Gasteiger partial charge in [0.05, 0.1) is 0 Å². The molecule has 0 aromatic heterocycles. The summed E-state index contributed by atoms with van der Waals surface area (Å²) in [5.74, 6) is 0.899. The van der Waals surface area contributed by atoms with Crippen molar-refractivity contribution in [3.8, 4) is 0 Å². The summed E-state index contributed by atoms with van der Waals surface area (Å²) in [5, 5.41) is 0. The molecule has 86 valence electrons. The van der Waals surface area contributed by atoms with Gasteiger partial charge in [-0.3, -0.25) is 4.21 Å². The van der Waals surface area contributed by atoms with Crippen molar-refractivity contribution in [2.24, 2.45) is 0 Å². The molecule has 1 atom stereocenters. The molecule has 0 aromatic rings. The molecule has 0 N–H and O–H groups in total. The molecule has 0 aliphatic carbocycles. The van der Waals surface area contributed by atoms with Crippen molar-refractivity contribution in [1.29, 1.82) is 0 Å². The third kappa shape index (κ3) is 12.2. The molecule has 0 saturated carbocycles. The molecule has 0 rings (SSSR count). The molecule has 0 heterocycles. The van der Waals surface area contributed by atoms with Gasteiger partial charge >= 0.3 is 0 Å². The van der Waals surface area contributed by atoms with E-state index in [1.807, 2.05) is 0 Å². The van der Waals surface area contributed by atoms with Crippen LogP contribution in [0.25, 0.3) is 0 Å². The second-order valence-corrected chi connectivity index (χ2v) is 5.66. The standard InChI is InChI=1S/C12H26OS/c1-3-4-5-6-7-8-9-10-11-12-14(2)13/h3-12H2,1-2H3/t14-/m0/s1. The maximum Gasteiger partial charge on any atom is 0.0232 e. The van der Waals surface area contributed by atoms with E-state index in [4.69, 9.17) is 0 Å². The SMILES string of the molecule is CCCCCCCCCCC[S@](C)=O. The van der Waals surface area contributed by atoms with E-state index >= 15 is 0 Å². The number of rotatable bonds is 10. The van der Waals surface area contributed by atoms with Gasteiger partial charge in [-0.2, -0.15) is 0 Å². The average Bonchev–Trinajstić information content (AvgIpc) is 2.15. The molecule has 0 spiro atoms. The normalized spacial score (nSPS) is 13.0. The van der Waals surface area contributed by atoms with Crippen LogP contribution in [0.1, 0.15) is 64.7 Å². The Kier molecular flexibility index (Phi) is 11.3. The molecule has 0 aliphatic heterocycles. The van der Waals surface area contributed by atoms with Crippen molar-refractivity contribution in [1.82, 2.24) is 0 Å². The highest BCUT2D eigenvalue weighted by Crippen LogP contribution is 2.09. The summed E-state index contributed by atoms with van der Waals surface area (Å²) in [6.45, 7) is 2.25. The van der Waals surface area contributed by atoms with Crippen LogP contribution in [-0.2, 0) is 10.8 Å². The van der Waals surface area contributed by atoms with Crippen molar-refractivity contribution in [2.75, 3.05) is 12.0 Å².